The minimum atomic E-state index is -0.201. The number of benzene rings is 1. The number of hydrogen-bond donors (Lipinski definition) is 2. The second kappa shape index (κ2) is 6.02. The first kappa shape index (κ1) is 14.0. The van der Waals surface area contributed by atoms with Crippen LogP contribution in [-0.4, -0.2) is 36.1 Å². The molecule has 0 fully saturated rings. The number of anilines is 1. The van der Waals surface area contributed by atoms with Gasteiger partial charge in [-0.2, -0.15) is 0 Å². The molecule has 1 aromatic rings. The van der Waals surface area contributed by atoms with Crippen LogP contribution in [-0.2, 0) is 4.79 Å². The van der Waals surface area contributed by atoms with Crippen LogP contribution in [0.25, 0.3) is 0 Å². The monoisotopic (exact) mass is 300 g/mol. The van der Waals surface area contributed by atoms with Crippen LogP contribution in [0.15, 0.2) is 22.7 Å². The van der Waals surface area contributed by atoms with E-state index in [0.717, 1.165) is 4.47 Å². The smallest absolute Gasteiger partial charge is 0.241 e. The van der Waals surface area contributed by atoms with Gasteiger partial charge in [0.05, 0.1) is 11.7 Å². The molecule has 1 amide bonds. The number of amides is 1. The Kier molecular flexibility index (Phi) is 4.96. The summed E-state index contributed by atoms with van der Waals surface area (Å²) in [5.74, 6) is -0.0546. The fourth-order valence-electron chi connectivity index (χ4n) is 1.61. The van der Waals surface area contributed by atoms with Crippen molar-refractivity contribution in [3.8, 4) is 5.75 Å². The summed E-state index contributed by atoms with van der Waals surface area (Å²) in [6.07, 6.45) is 0.716. The van der Waals surface area contributed by atoms with Crippen molar-refractivity contribution < 1.29 is 9.90 Å². The van der Waals surface area contributed by atoms with Gasteiger partial charge in [0, 0.05) is 4.47 Å². The molecule has 1 atom stereocenters. The number of phenols is 1. The Hall–Kier alpha value is -1.07. The van der Waals surface area contributed by atoms with Crippen LogP contribution >= 0.6 is 15.9 Å². The van der Waals surface area contributed by atoms with E-state index in [2.05, 4.69) is 21.2 Å². The lowest BCUT2D eigenvalue weighted by Gasteiger charge is -2.22. The van der Waals surface area contributed by atoms with Crippen LogP contribution in [0.1, 0.15) is 13.3 Å². The van der Waals surface area contributed by atoms with Crippen LogP contribution in [0, 0.1) is 0 Å². The number of phenolic OH excluding ortho intramolecular Hbond substituents is 1. The molecule has 0 spiro atoms. The predicted molar refractivity (Wildman–Crippen MR) is 72.2 cm³/mol. The Morgan fingerprint density at radius 1 is 1.53 bits per heavy atom. The maximum atomic E-state index is 12.0. The minimum absolute atomic E-state index is 0.0650. The molecule has 0 saturated heterocycles. The molecule has 0 saturated carbocycles. The molecule has 0 aliphatic heterocycles. The first-order valence-corrected chi connectivity index (χ1v) is 6.20. The third-order valence-electron chi connectivity index (χ3n) is 2.53. The van der Waals surface area contributed by atoms with Crippen LogP contribution in [0.2, 0.25) is 0 Å². The quantitative estimate of drug-likeness (QED) is 0.840. The highest BCUT2D eigenvalue weighted by Gasteiger charge is 2.19. The molecule has 0 unspecified atom stereocenters. The van der Waals surface area contributed by atoms with Gasteiger partial charge in [0.2, 0.25) is 5.91 Å². The SMILES string of the molecule is CC[C@H](C(=O)Nc1cc(Br)ccc1O)N(C)C. The Balaban J connectivity index is 2.83. The maximum absolute atomic E-state index is 12.0. The van der Waals surface area contributed by atoms with Gasteiger partial charge in [0.1, 0.15) is 5.75 Å². The predicted octanol–water partition coefficient (Wildman–Crippen LogP) is 2.43. The lowest BCUT2D eigenvalue weighted by atomic mass is 10.2. The highest BCUT2D eigenvalue weighted by molar-refractivity contribution is 9.10. The van der Waals surface area contributed by atoms with Crippen LogP contribution in [0.3, 0.4) is 0 Å². The fourth-order valence-corrected chi connectivity index (χ4v) is 1.97. The van der Waals surface area contributed by atoms with E-state index >= 15 is 0 Å². The maximum Gasteiger partial charge on any atom is 0.241 e. The lowest BCUT2D eigenvalue weighted by Crippen LogP contribution is -2.39. The van der Waals surface area contributed by atoms with E-state index in [1.165, 1.54) is 6.07 Å². The van der Waals surface area contributed by atoms with Gasteiger partial charge < -0.3 is 10.4 Å². The van der Waals surface area contributed by atoms with Gasteiger partial charge in [-0.3, -0.25) is 9.69 Å². The second-order valence-electron chi connectivity index (χ2n) is 4.04. The first-order chi connectivity index (χ1) is 7.95. The molecule has 94 valence electrons. The Morgan fingerprint density at radius 2 is 2.18 bits per heavy atom. The standard InChI is InChI=1S/C12H17BrN2O2/c1-4-10(15(2)3)12(17)14-9-7-8(13)5-6-11(9)16/h5-7,10,16H,4H2,1-3H3,(H,14,17)/t10-/m1/s1. The molecule has 0 aromatic heterocycles. The van der Waals surface area contributed by atoms with E-state index in [1.54, 1.807) is 12.1 Å². The summed E-state index contributed by atoms with van der Waals surface area (Å²) in [6.45, 7) is 1.95. The lowest BCUT2D eigenvalue weighted by molar-refractivity contribution is -0.120. The highest BCUT2D eigenvalue weighted by Crippen LogP contribution is 2.27. The van der Waals surface area contributed by atoms with Crippen molar-refractivity contribution in [2.45, 2.75) is 19.4 Å². The summed E-state index contributed by atoms with van der Waals surface area (Å²) in [6, 6.07) is 4.73. The van der Waals surface area contributed by atoms with Gasteiger partial charge in [0.15, 0.2) is 0 Å². The number of likely N-dealkylation sites (N-methyl/N-ethyl adjacent to an activating group) is 1. The van der Waals surface area contributed by atoms with Gasteiger partial charge in [0.25, 0.3) is 0 Å². The molecule has 0 bridgehead atoms. The summed E-state index contributed by atoms with van der Waals surface area (Å²) in [7, 11) is 3.71. The van der Waals surface area contributed by atoms with Crippen molar-refractivity contribution in [3.63, 3.8) is 0 Å². The first-order valence-electron chi connectivity index (χ1n) is 5.41. The molecule has 0 heterocycles. The normalized spacial score (nSPS) is 12.5. The third-order valence-corrected chi connectivity index (χ3v) is 3.02. The molecule has 4 nitrogen and oxygen atoms in total. The average Bonchev–Trinajstić information content (AvgIpc) is 2.24. The summed E-state index contributed by atoms with van der Waals surface area (Å²) < 4.78 is 0.809. The van der Waals surface area contributed by atoms with E-state index in [4.69, 9.17) is 0 Å². The van der Waals surface area contributed by atoms with E-state index in [0.29, 0.717) is 12.1 Å². The van der Waals surface area contributed by atoms with Gasteiger partial charge >= 0.3 is 0 Å². The van der Waals surface area contributed by atoms with Crippen LogP contribution < -0.4 is 5.32 Å². The number of carbonyl (C=O) groups is 1. The van der Waals surface area contributed by atoms with E-state index in [1.807, 2.05) is 25.9 Å². The molecular formula is C12H17BrN2O2. The van der Waals surface area contributed by atoms with Crippen LogP contribution in [0.4, 0.5) is 5.69 Å². The molecule has 5 heteroatoms. The Bertz CT molecular complexity index is 407. The zero-order chi connectivity index (χ0) is 13.0. The van der Waals surface area contributed by atoms with Gasteiger partial charge in [-0.25, -0.2) is 0 Å². The zero-order valence-electron chi connectivity index (χ0n) is 10.2. The Morgan fingerprint density at radius 3 is 2.71 bits per heavy atom. The second-order valence-corrected chi connectivity index (χ2v) is 4.95. The molecule has 0 aliphatic rings. The number of nitrogens with zero attached hydrogens (tertiary/aromatic N) is 1. The molecule has 17 heavy (non-hydrogen) atoms. The fraction of sp³-hybridized carbons (Fsp3) is 0.417. The number of aromatic hydroxyl groups is 1. The minimum Gasteiger partial charge on any atom is -0.506 e. The number of hydrogen-bond acceptors (Lipinski definition) is 3. The summed E-state index contributed by atoms with van der Waals surface area (Å²) in [4.78, 5) is 13.8. The summed E-state index contributed by atoms with van der Waals surface area (Å²) in [5.41, 5.74) is 0.421. The molecular weight excluding hydrogens is 284 g/mol. The van der Waals surface area contributed by atoms with Crippen LogP contribution in [0.5, 0.6) is 5.75 Å². The Labute approximate surface area is 110 Å². The molecule has 1 rings (SSSR count). The van der Waals surface area contributed by atoms with E-state index in [9.17, 15) is 9.90 Å². The molecule has 2 N–H and O–H groups in total. The summed E-state index contributed by atoms with van der Waals surface area (Å²) >= 11 is 3.30. The van der Waals surface area contributed by atoms with Gasteiger partial charge in [-0.1, -0.05) is 22.9 Å². The topological polar surface area (TPSA) is 52.6 Å². The number of rotatable bonds is 4. The highest BCUT2D eigenvalue weighted by atomic mass is 79.9. The number of nitrogens with one attached hydrogen (secondary N) is 1. The molecule has 0 radical (unpaired) electrons. The number of halogens is 1. The summed E-state index contributed by atoms with van der Waals surface area (Å²) in [5, 5.41) is 12.4. The third kappa shape index (κ3) is 3.71. The van der Waals surface area contributed by atoms with E-state index in [-0.39, 0.29) is 17.7 Å². The number of carbonyl (C=O) groups excluding carboxylic acids is 1. The van der Waals surface area contributed by atoms with Gasteiger partial charge in [-0.15, -0.1) is 0 Å². The zero-order valence-corrected chi connectivity index (χ0v) is 11.8. The average molecular weight is 301 g/mol. The van der Waals surface area contributed by atoms with E-state index < -0.39 is 0 Å². The van der Waals surface area contributed by atoms with Gasteiger partial charge in [-0.05, 0) is 38.7 Å². The van der Waals surface area contributed by atoms with Crippen molar-refractivity contribution >= 4 is 27.5 Å². The van der Waals surface area contributed by atoms with Crippen molar-refractivity contribution in [1.82, 2.24) is 4.90 Å². The van der Waals surface area contributed by atoms with Crippen molar-refractivity contribution in [1.29, 1.82) is 0 Å². The molecule has 1 aromatic carbocycles. The molecule has 0 aliphatic carbocycles. The van der Waals surface area contributed by atoms with Crippen molar-refractivity contribution in [2.24, 2.45) is 0 Å². The largest absolute Gasteiger partial charge is 0.506 e. The van der Waals surface area contributed by atoms with Crippen molar-refractivity contribution in [3.05, 3.63) is 22.7 Å². The van der Waals surface area contributed by atoms with Crippen molar-refractivity contribution in [2.75, 3.05) is 19.4 Å².